The zero-order chi connectivity index (χ0) is 38.6. The summed E-state index contributed by atoms with van der Waals surface area (Å²) in [5, 5.41) is 24.5. The zero-order valence-electron chi connectivity index (χ0n) is 32.2. The third kappa shape index (κ3) is 6.27. The number of aromatic hydroxyl groups is 1. The normalized spacial score (nSPS) is 24.1. The van der Waals surface area contributed by atoms with Crippen molar-refractivity contribution in [3.63, 3.8) is 0 Å². The summed E-state index contributed by atoms with van der Waals surface area (Å²) >= 11 is 1.62. The monoisotopic (exact) mass is 774 g/mol. The van der Waals surface area contributed by atoms with Gasteiger partial charge in [0.25, 0.3) is 0 Å². The number of carbonyl (C=O) groups is 2. The summed E-state index contributed by atoms with van der Waals surface area (Å²) in [6.45, 7) is 6.68. The second-order valence-electron chi connectivity index (χ2n) is 15.2. The molecule has 294 valence electrons. The van der Waals surface area contributed by atoms with Crippen molar-refractivity contribution in [2.24, 2.45) is 0 Å². The first kappa shape index (κ1) is 37.7. The number of fused-ring (bicyclic) bond motifs is 6. The lowest BCUT2D eigenvalue weighted by atomic mass is 9.80. The molecule has 12 nitrogen and oxygen atoms in total. The molecule has 9 rings (SSSR count). The third-order valence-electron chi connectivity index (χ3n) is 12.1. The van der Waals surface area contributed by atoms with Crippen molar-refractivity contribution in [2.75, 3.05) is 53.1 Å². The van der Waals surface area contributed by atoms with Crippen molar-refractivity contribution >= 4 is 23.7 Å². The molecule has 1 saturated heterocycles. The molecule has 55 heavy (non-hydrogen) atoms. The highest BCUT2D eigenvalue weighted by atomic mass is 32.2. The Balaban J connectivity index is 1.32. The number of aliphatic hydroxyl groups excluding tert-OH is 1. The second kappa shape index (κ2) is 15.1. The van der Waals surface area contributed by atoms with E-state index >= 15 is 0 Å². The van der Waals surface area contributed by atoms with Gasteiger partial charge in [-0.1, -0.05) is 12.1 Å². The number of phenols is 1. The molecule has 0 aromatic heterocycles. The Morgan fingerprint density at radius 3 is 2.62 bits per heavy atom. The van der Waals surface area contributed by atoms with Crippen LogP contribution in [0.2, 0.25) is 0 Å². The molecule has 1 fully saturated rings. The van der Waals surface area contributed by atoms with Crippen molar-refractivity contribution in [3.8, 4) is 34.5 Å². The Labute approximate surface area is 325 Å². The largest absolute Gasteiger partial charge is 0.504 e. The van der Waals surface area contributed by atoms with Crippen LogP contribution >= 0.6 is 11.8 Å². The lowest BCUT2D eigenvalue weighted by Gasteiger charge is -2.50. The summed E-state index contributed by atoms with van der Waals surface area (Å²) in [4.78, 5) is 30.1. The van der Waals surface area contributed by atoms with Crippen molar-refractivity contribution in [1.82, 2.24) is 10.2 Å². The minimum atomic E-state index is -1.20. The Kier molecular flexibility index (Phi) is 10.3. The van der Waals surface area contributed by atoms with Gasteiger partial charge in [0.1, 0.15) is 18.1 Å². The number of ether oxygens (including phenoxy) is 6. The molecule has 6 heterocycles. The fraction of sp³-hybridized carbons (Fsp3) is 0.524. The maximum Gasteiger partial charge on any atom is 0.331 e. The number of hydrogen-bond donors (Lipinski definition) is 3. The summed E-state index contributed by atoms with van der Waals surface area (Å²) < 4.78 is 36.5. The minimum absolute atomic E-state index is 0.0172. The number of rotatable bonds is 7. The molecule has 0 saturated carbocycles. The van der Waals surface area contributed by atoms with E-state index in [0.717, 1.165) is 76.6 Å². The van der Waals surface area contributed by atoms with Gasteiger partial charge in [-0.25, -0.2) is 4.79 Å². The SMILES string of the molecule is COc1cc2c(cc1CCCCO)CCN[C@]21CSC2c3c(OC(C)=O)c(C)c4c(c3[C@H](COC1=O)N1CCCc3cc(C)c(OC)c(O)c3CC21)OCO4. The number of nitrogens with zero attached hydrogens (tertiary/aromatic N) is 1. The lowest BCUT2D eigenvalue weighted by Crippen LogP contribution is -2.58. The maximum atomic E-state index is 14.8. The number of unbranched alkanes of at least 4 members (excludes halogenated alkanes) is 1. The third-order valence-corrected chi connectivity index (χ3v) is 13.6. The first-order valence-corrected chi connectivity index (χ1v) is 20.3. The summed E-state index contributed by atoms with van der Waals surface area (Å²) in [6.07, 6.45) is 5.03. The number of thioether (sulfide) groups is 1. The number of hydrogen-bond acceptors (Lipinski definition) is 13. The van der Waals surface area contributed by atoms with Crippen LogP contribution in [0.25, 0.3) is 0 Å². The van der Waals surface area contributed by atoms with Gasteiger partial charge in [-0.05, 0) is 99.2 Å². The highest BCUT2D eigenvalue weighted by molar-refractivity contribution is 7.99. The van der Waals surface area contributed by atoms with E-state index < -0.39 is 17.6 Å². The van der Waals surface area contributed by atoms with Gasteiger partial charge < -0.3 is 38.6 Å². The Morgan fingerprint density at radius 1 is 1.04 bits per heavy atom. The molecule has 3 aromatic carbocycles. The van der Waals surface area contributed by atoms with Crippen LogP contribution in [0.4, 0.5) is 0 Å². The molecule has 3 aromatic rings. The van der Waals surface area contributed by atoms with Gasteiger partial charge in [-0.3, -0.25) is 15.0 Å². The molecule has 3 N–H and O–H groups in total. The number of methoxy groups -OCH3 is 2. The summed E-state index contributed by atoms with van der Waals surface area (Å²) in [5.41, 5.74) is 6.85. The van der Waals surface area contributed by atoms with E-state index in [9.17, 15) is 19.8 Å². The zero-order valence-corrected chi connectivity index (χ0v) is 33.0. The molecular formula is C42H50N2O10S. The van der Waals surface area contributed by atoms with Gasteiger partial charge in [-0.2, -0.15) is 0 Å². The van der Waals surface area contributed by atoms with Crippen molar-refractivity contribution < 1.29 is 48.2 Å². The average molecular weight is 775 g/mol. The smallest absolute Gasteiger partial charge is 0.331 e. The van der Waals surface area contributed by atoms with Crippen LogP contribution in [-0.4, -0.2) is 86.2 Å². The second-order valence-corrected chi connectivity index (χ2v) is 16.3. The Hall–Kier alpha value is -4.17. The molecule has 0 aliphatic carbocycles. The number of aryl methyl sites for hydroxylation is 3. The molecule has 6 aliphatic heterocycles. The van der Waals surface area contributed by atoms with E-state index in [0.29, 0.717) is 66.0 Å². The topological polar surface area (TPSA) is 145 Å². The van der Waals surface area contributed by atoms with Crippen LogP contribution in [0.1, 0.15) is 87.5 Å². The lowest BCUT2D eigenvalue weighted by molar-refractivity contribution is -0.154. The average Bonchev–Trinajstić information content (AvgIpc) is 3.65. The van der Waals surface area contributed by atoms with E-state index in [1.165, 1.54) is 6.92 Å². The molecule has 1 spiro atoms. The van der Waals surface area contributed by atoms with E-state index in [1.54, 1.807) is 26.0 Å². The first-order valence-electron chi connectivity index (χ1n) is 19.2. The number of benzene rings is 3. The molecule has 0 amide bonds. The van der Waals surface area contributed by atoms with Crippen LogP contribution in [0.15, 0.2) is 18.2 Å². The summed E-state index contributed by atoms with van der Waals surface area (Å²) in [7, 11) is 3.22. The molecule has 2 unspecified atom stereocenters. The molecule has 0 radical (unpaired) electrons. The molecule has 13 heteroatoms. The van der Waals surface area contributed by atoms with E-state index in [-0.39, 0.29) is 43.0 Å². The quantitative estimate of drug-likeness (QED) is 0.163. The van der Waals surface area contributed by atoms with E-state index in [4.69, 9.17) is 28.4 Å². The predicted octanol–water partition coefficient (Wildman–Crippen LogP) is 5.28. The van der Waals surface area contributed by atoms with Crippen LogP contribution in [-0.2, 0) is 45.5 Å². The van der Waals surface area contributed by atoms with Crippen LogP contribution in [0, 0.1) is 13.8 Å². The first-order chi connectivity index (χ1) is 26.6. The fourth-order valence-corrected chi connectivity index (χ4v) is 11.3. The van der Waals surface area contributed by atoms with Gasteiger partial charge >= 0.3 is 11.9 Å². The van der Waals surface area contributed by atoms with E-state index in [1.807, 2.05) is 19.9 Å². The van der Waals surface area contributed by atoms with Gasteiger partial charge in [0.05, 0.1) is 20.3 Å². The van der Waals surface area contributed by atoms with Crippen LogP contribution in [0.5, 0.6) is 34.5 Å². The number of aliphatic hydroxyl groups is 1. The molecule has 6 aliphatic rings. The van der Waals surface area contributed by atoms with E-state index in [2.05, 4.69) is 22.3 Å². The predicted molar refractivity (Wildman–Crippen MR) is 206 cm³/mol. The van der Waals surface area contributed by atoms with Gasteiger partial charge in [0.2, 0.25) is 6.79 Å². The standard InChI is InChI=1S/C42H50N2O10S/c1-22-15-25-10-8-13-44-30(17-28(25)35(47)36(22)50-5)40-34-33(39-38(52-21-53-39)23(2)37(34)54-24(3)46)31(44)19-51-41(48)42(20-55-40)29-18-32(49-4)27(9-6-7-14-45)16-26(29)11-12-43-42/h15-16,18,30-31,40,43,45,47H,6-14,17,19-21H2,1-5H3/t30?,31-,40?,42+/m0/s1. The van der Waals surface area contributed by atoms with Crippen LogP contribution in [0.3, 0.4) is 0 Å². The fourth-order valence-electron chi connectivity index (χ4n) is 9.60. The number of phenolic OH excluding ortho intramolecular Hbond substituents is 1. The highest BCUT2D eigenvalue weighted by Crippen LogP contribution is 2.60. The Bertz CT molecular complexity index is 2040. The number of nitrogens with one attached hydrogen (secondary N) is 1. The van der Waals surface area contributed by atoms with Crippen molar-refractivity contribution in [1.29, 1.82) is 0 Å². The molecule has 2 bridgehead atoms. The van der Waals surface area contributed by atoms with Gasteiger partial charge in [0, 0.05) is 59.4 Å². The van der Waals surface area contributed by atoms with Crippen molar-refractivity contribution in [3.05, 3.63) is 68.3 Å². The maximum absolute atomic E-state index is 14.8. The number of esters is 2. The molecular weight excluding hydrogens is 725 g/mol. The molecule has 4 atom stereocenters. The summed E-state index contributed by atoms with van der Waals surface area (Å²) in [6, 6.07) is 5.59. The highest BCUT2D eigenvalue weighted by Gasteiger charge is 2.53. The van der Waals surface area contributed by atoms with Gasteiger partial charge in [0.15, 0.2) is 28.5 Å². The van der Waals surface area contributed by atoms with Crippen molar-refractivity contribution in [2.45, 2.75) is 88.6 Å². The summed E-state index contributed by atoms with van der Waals surface area (Å²) in [5.74, 6) is 2.35. The van der Waals surface area contributed by atoms with Gasteiger partial charge in [-0.15, -0.1) is 11.8 Å². The Morgan fingerprint density at radius 2 is 1.85 bits per heavy atom. The minimum Gasteiger partial charge on any atom is -0.504 e. The van der Waals surface area contributed by atoms with Crippen LogP contribution < -0.4 is 29.0 Å². The number of carbonyl (C=O) groups excluding carboxylic acids is 2.